The molecule has 1 amide bonds. The van der Waals surface area contributed by atoms with Gasteiger partial charge in [-0.15, -0.1) is 0 Å². The van der Waals surface area contributed by atoms with E-state index in [-0.39, 0.29) is 45.0 Å². The monoisotopic (exact) mass is 534 g/mol. The van der Waals surface area contributed by atoms with Crippen LogP contribution in [0.5, 0.6) is 0 Å². The first-order chi connectivity index (χ1) is 16.8. The third kappa shape index (κ3) is 9.47. The Bertz CT molecular complexity index is 828. The molecule has 2 rings (SSSR count). The number of hydrogen-bond donors (Lipinski definition) is 1. The number of aliphatic hydroxyl groups is 1. The number of rotatable bonds is 13. The van der Waals surface area contributed by atoms with Gasteiger partial charge in [-0.2, -0.15) is 22.0 Å². The first-order valence-corrected chi connectivity index (χ1v) is 11.0. The minimum atomic E-state index is -4.61. The molecule has 1 N–H and O–H groups in total. The normalized spacial score (nSPS) is 18.4. The molecule has 0 bridgehead atoms. The van der Waals surface area contributed by atoms with E-state index in [9.17, 15) is 40.6 Å². The number of methoxy groups -OCH3 is 1. The molecular formula is C22H29F7N2O5. The number of β-amino-alcohol motifs (C(OH)–C–C–N with tert-alkyl or cyclic N) is 1. The van der Waals surface area contributed by atoms with Crippen molar-refractivity contribution in [2.75, 3.05) is 66.3 Å². The molecule has 1 heterocycles. The Labute approximate surface area is 203 Å². The average molecular weight is 534 g/mol. The highest BCUT2D eigenvalue weighted by atomic mass is 19.4. The van der Waals surface area contributed by atoms with Gasteiger partial charge < -0.3 is 24.2 Å². The molecule has 7 nitrogen and oxygen atoms in total. The second kappa shape index (κ2) is 13.5. The standard InChI is InChI=1S/C22H29F7N2O5/c1-34-7-6-31(19(33)15-3-2-4-16(9-15)22(27,28)29)12-18-11-30(5-8-36-18)10-17(32)13-35-14-21(25,26)20(23)24/h2-4,9,17-18,20,32H,5-8,10-14H2,1H3/t17-,18-/m1/s1. The van der Waals surface area contributed by atoms with Crippen molar-refractivity contribution >= 4 is 5.91 Å². The van der Waals surface area contributed by atoms with E-state index < -0.39 is 55.4 Å². The average Bonchev–Trinajstić information content (AvgIpc) is 2.81. The number of carbonyl (C=O) groups excluding carboxylic acids is 1. The zero-order valence-electron chi connectivity index (χ0n) is 19.5. The SMILES string of the molecule is COCCN(C[C@H]1CN(C[C@@H](O)COCC(F)(F)C(F)F)CCO1)C(=O)c1cccc(C(F)(F)F)c1. The van der Waals surface area contributed by atoms with Crippen LogP contribution in [0.2, 0.25) is 0 Å². The van der Waals surface area contributed by atoms with Crippen LogP contribution in [0, 0.1) is 0 Å². The van der Waals surface area contributed by atoms with Crippen LogP contribution in [0.4, 0.5) is 30.7 Å². The maximum Gasteiger partial charge on any atom is 0.416 e. The maximum atomic E-state index is 13.1. The molecule has 1 aromatic rings. The van der Waals surface area contributed by atoms with Crippen molar-refractivity contribution in [2.24, 2.45) is 0 Å². The second-order valence-corrected chi connectivity index (χ2v) is 8.31. The van der Waals surface area contributed by atoms with Crippen molar-refractivity contribution in [3.05, 3.63) is 35.4 Å². The van der Waals surface area contributed by atoms with Gasteiger partial charge in [-0.05, 0) is 18.2 Å². The van der Waals surface area contributed by atoms with Crippen LogP contribution < -0.4 is 0 Å². The van der Waals surface area contributed by atoms with Gasteiger partial charge in [-0.3, -0.25) is 9.69 Å². The van der Waals surface area contributed by atoms with Gasteiger partial charge in [0.1, 0.15) is 6.61 Å². The lowest BCUT2D eigenvalue weighted by Crippen LogP contribution is -2.51. The maximum absolute atomic E-state index is 13.1. The van der Waals surface area contributed by atoms with Gasteiger partial charge in [-0.1, -0.05) is 6.07 Å². The van der Waals surface area contributed by atoms with Crippen molar-refractivity contribution in [3.63, 3.8) is 0 Å². The quantitative estimate of drug-likeness (QED) is 0.393. The third-order valence-electron chi connectivity index (χ3n) is 5.33. The molecule has 206 valence electrons. The summed E-state index contributed by atoms with van der Waals surface area (Å²) in [7, 11) is 1.41. The third-order valence-corrected chi connectivity index (χ3v) is 5.33. The summed E-state index contributed by atoms with van der Waals surface area (Å²) in [5.74, 6) is -4.96. The summed E-state index contributed by atoms with van der Waals surface area (Å²) in [5, 5.41) is 10.0. The zero-order chi connectivity index (χ0) is 26.9. The van der Waals surface area contributed by atoms with Gasteiger partial charge >= 0.3 is 18.5 Å². The van der Waals surface area contributed by atoms with Gasteiger partial charge in [-0.25, -0.2) is 8.78 Å². The molecule has 2 atom stereocenters. The molecule has 1 fully saturated rings. The molecule has 1 aromatic carbocycles. The van der Waals surface area contributed by atoms with E-state index in [0.29, 0.717) is 6.54 Å². The van der Waals surface area contributed by atoms with Gasteiger partial charge in [0.2, 0.25) is 0 Å². The van der Waals surface area contributed by atoms with Crippen molar-refractivity contribution < 1.29 is 54.8 Å². The summed E-state index contributed by atoms with van der Waals surface area (Å²) >= 11 is 0. The predicted octanol–water partition coefficient (Wildman–Crippen LogP) is 2.77. The Morgan fingerprint density at radius 1 is 1.28 bits per heavy atom. The molecule has 0 unspecified atom stereocenters. The lowest BCUT2D eigenvalue weighted by molar-refractivity contribution is -0.171. The van der Waals surface area contributed by atoms with Crippen LogP contribution in [0.1, 0.15) is 15.9 Å². The van der Waals surface area contributed by atoms with E-state index in [1.165, 1.54) is 18.1 Å². The van der Waals surface area contributed by atoms with E-state index in [2.05, 4.69) is 4.74 Å². The number of halogens is 7. The van der Waals surface area contributed by atoms with Crippen LogP contribution in [0.3, 0.4) is 0 Å². The molecular weight excluding hydrogens is 505 g/mol. The number of alkyl halides is 7. The van der Waals surface area contributed by atoms with Gasteiger partial charge in [0.15, 0.2) is 0 Å². The molecule has 0 aliphatic carbocycles. The fourth-order valence-electron chi connectivity index (χ4n) is 3.54. The molecule has 0 spiro atoms. The number of ether oxygens (including phenoxy) is 3. The van der Waals surface area contributed by atoms with Crippen LogP contribution >= 0.6 is 0 Å². The predicted molar refractivity (Wildman–Crippen MR) is 113 cm³/mol. The largest absolute Gasteiger partial charge is 0.416 e. The fraction of sp³-hybridized carbons (Fsp3) is 0.682. The summed E-state index contributed by atoms with van der Waals surface area (Å²) in [6.45, 7) is -1.14. The Balaban J connectivity index is 1.95. The summed E-state index contributed by atoms with van der Waals surface area (Å²) in [6, 6.07) is 4.05. The van der Waals surface area contributed by atoms with Crippen LogP contribution in [-0.4, -0.2) is 112 Å². The first-order valence-electron chi connectivity index (χ1n) is 11.0. The lowest BCUT2D eigenvalue weighted by Gasteiger charge is -2.36. The van der Waals surface area contributed by atoms with Crippen LogP contribution in [-0.2, 0) is 20.4 Å². The summed E-state index contributed by atoms with van der Waals surface area (Å²) in [4.78, 5) is 16.0. The number of aliphatic hydroxyl groups excluding tert-OH is 1. The Morgan fingerprint density at radius 2 is 2.00 bits per heavy atom. The van der Waals surface area contributed by atoms with E-state index in [4.69, 9.17) is 9.47 Å². The second-order valence-electron chi connectivity index (χ2n) is 8.31. The van der Waals surface area contributed by atoms with Crippen molar-refractivity contribution in [3.8, 4) is 0 Å². The molecule has 1 aliphatic rings. The van der Waals surface area contributed by atoms with E-state index in [1.807, 2.05) is 0 Å². The number of morpholine rings is 1. The summed E-state index contributed by atoms with van der Waals surface area (Å²) in [6.07, 6.45) is -10.3. The van der Waals surface area contributed by atoms with E-state index in [1.54, 1.807) is 4.90 Å². The number of nitrogens with zero attached hydrogens (tertiary/aromatic N) is 2. The highest BCUT2D eigenvalue weighted by Gasteiger charge is 2.41. The number of carbonyl (C=O) groups is 1. The molecule has 0 aromatic heterocycles. The van der Waals surface area contributed by atoms with Gasteiger partial charge in [0.05, 0.1) is 37.6 Å². The fourth-order valence-corrected chi connectivity index (χ4v) is 3.54. The molecule has 1 saturated heterocycles. The Morgan fingerprint density at radius 3 is 2.64 bits per heavy atom. The molecule has 14 heteroatoms. The molecule has 0 radical (unpaired) electrons. The van der Waals surface area contributed by atoms with Crippen molar-refractivity contribution in [2.45, 2.75) is 30.7 Å². The van der Waals surface area contributed by atoms with Crippen LogP contribution in [0.15, 0.2) is 24.3 Å². The highest BCUT2D eigenvalue weighted by Crippen LogP contribution is 2.30. The topological polar surface area (TPSA) is 71.5 Å². The molecule has 36 heavy (non-hydrogen) atoms. The highest BCUT2D eigenvalue weighted by molar-refractivity contribution is 5.94. The van der Waals surface area contributed by atoms with Crippen molar-refractivity contribution in [1.29, 1.82) is 0 Å². The van der Waals surface area contributed by atoms with Gasteiger partial charge in [0.25, 0.3) is 5.91 Å². The molecule has 1 aliphatic heterocycles. The molecule has 0 saturated carbocycles. The minimum absolute atomic E-state index is 0.0160. The number of amides is 1. The van der Waals surface area contributed by atoms with Gasteiger partial charge in [0, 0.05) is 45.4 Å². The Kier molecular flexibility index (Phi) is 11.3. The Hall–Kier alpha value is -2.00. The first kappa shape index (κ1) is 30.2. The summed E-state index contributed by atoms with van der Waals surface area (Å²) < 4.78 is 105. The smallest absolute Gasteiger partial charge is 0.389 e. The number of benzene rings is 1. The van der Waals surface area contributed by atoms with Crippen molar-refractivity contribution in [1.82, 2.24) is 9.80 Å². The lowest BCUT2D eigenvalue weighted by atomic mass is 10.1. The van der Waals surface area contributed by atoms with Crippen LogP contribution in [0.25, 0.3) is 0 Å². The minimum Gasteiger partial charge on any atom is -0.389 e. The van der Waals surface area contributed by atoms with E-state index in [0.717, 1.165) is 18.2 Å². The number of hydrogen-bond acceptors (Lipinski definition) is 6. The summed E-state index contributed by atoms with van der Waals surface area (Å²) in [5.41, 5.74) is -1.11. The zero-order valence-corrected chi connectivity index (χ0v) is 19.5. The van der Waals surface area contributed by atoms with E-state index >= 15 is 0 Å².